The van der Waals surface area contributed by atoms with E-state index in [1.54, 1.807) is 6.92 Å². The topological polar surface area (TPSA) is 60.9 Å². The fourth-order valence-corrected chi connectivity index (χ4v) is 2.20. The molecule has 0 saturated heterocycles. The minimum absolute atomic E-state index is 0.154. The van der Waals surface area contributed by atoms with E-state index < -0.39 is 11.9 Å². The number of carbonyl (C=O) groups excluding carboxylic acids is 1. The number of carbonyl (C=O) groups is 2. The highest BCUT2D eigenvalue weighted by atomic mass is 16.4. The van der Waals surface area contributed by atoms with E-state index in [0.717, 1.165) is 24.5 Å². The van der Waals surface area contributed by atoms with E-state index in [9.17, 15) is 9.59 Å². The fourth-order valence-electron chi connectivity index (χ4n) is 2.20. The summed E-state index contributed by atoms with van der Waals surface area (Å²) in [5, 5.41) is 9.00. The van der Waals surface area contributed by atoms with Gasteiger partial charge in [-0.25, -0.2) is 0 Å². The molecule has 0 radical (unpaired) electrons. The standard InChI is InChI=1S/C16H24N2O3/c1-5-17(6-2)14-7-9-15(10-8-14)18(13(4)19)11-12(3)16(20)21/h7-10,12H,5-6,11H2,1-4H3,(H,20,21). The highest BCUT2D eigenvalue weighted by Gasteiger charge is 2.19. The molecule has 0 saturated carbocycles. The molecular formula is C16H24N2O3. The van der Waals surface area contributed by atoms with Crippen molar-refractivity contribution < 1.29 is 14.7 Å². The lowest BCUT2D eigenvalue weighted by atomic mass is 10.1. The molecule has 5 heteroatoms. The second kappa shape index (κ2) is 7.67. The first-order valence-electron chi connectivity index (χ1n) is 7.26. The van der Waals surface area contributed by atoms with Crippen molar-refractivity contribution in [1.29, 1.82) is 0 Å². The molecule has 1 aromatic rings. The average Bonchev–Trinajstić information content (AvgIpc) is 2.46. The van der Waals surface area contributed by atoms with Gasteiger partial charge in [-0.2, -0.15) is 0 Å². The van der Waals surface area contributed by atoms with Gasteiger partial charge in [-0.1, -0.05) is 6.92 Å². The van der Waals surface area contributed by atoms with E-state index in [2.05, 4.69) is 18.7 Å². The molecule has 1 aromatic carbocycles. The summed E-state index contributed by atoms with van der Waals surface area (Å²) in [6, 6.07) is 7.65. The first-order chi connectivity index (χ1) is 9.90. The van der Waals surface area contributed by atoms with Gasteiger partial charge < -0.3 is 14.9 Å². The molecule has 0 aromatic heterocycles. The molecule has 0 heterocycles. The van der Waals surface area contributed by atoms with Crippen LogP contribution in [0.15, 0.2) is 24.3 Å². The lowest BCUT2D eigenvalue weighted by Gasteiger charge is -2.25. The molecule has 1 rings (SSSR count). The predicted octanol–water partition coefficient (Wildman–Crippen LogP) is 2.61. The van der Waals surface area contributed by atoms with Crippen molar-refractivity contribution >= 4 is 23.3 Å². The number of benzene rings is 1. The van der Waals surface area contributed by atoms with Gasteiger partial charge in [0.2, 0.25) is 5.91 Å². The number of nitrogens with zero attached hydrogens (tertiary/aromatic N) is 2. The van der Waals surface area contributed by atoms with Crippen LogP contribution in [0.2, 0.25) is 0 Å². The first-order valence-corrected chi connectivity index (χ1v) is 7.26. The van der Waals surface area contributed by atoms with E-state index in [-0.39, 0.29) is 12.5 Å². The van der Waals surface area contributed by atoms with Gasteiger partial charge in [0.05, 0.1) is 5.92 Å². The summed E-state index contributed by atoms with van der Waals surface area (Å²) in [7, 11) is 0. The smallest absolute Gasteiger partial charge is 0.308 e. The highest BCUT2D eigenvalue weighted by molar-refractivity contribution is 5.92. The van der Waals surface area contributed by atoms with Crippen molar-refractivity contribution in [3.63, 3.8) is 0 Å². The maximum atomic E-state index is 11.8. The van der Waals surface area contributed by atoms with Crippen LogP contribution in [0.5, 0.6) is 0 Å². The predicted molar refractivity (Wildman–Crippen MR) is 84.8 cm³/mol. The molecule has 0 aliphatic heterocycles. The summed E-state index contributed by atoms with van der Waals surface area (Å²) in [5.41, 5.74) is 1.82. The number of hydrogen-bond acceptors (Lipinski definition) is 3. The maximum Gasteiger partial charge on any atom is 0.308 e. The summed E-state index contributed by atoms with van der Waals surface area (Å²) >= 11 is 0. The maximum absolute atomic E-state index is 11.8. The van der Waals surface area contributed by atoms with E-state index in [4.69, 9.17) is 5.11 Å². The van der Waals surface area contributed by atoms with Gasteiger partial charge in [0.1, 0.15) is 0 Å². The number of aliphatic carboxylic acids is 1. The fraction of sp³-hybridized carbons (Fsp3) is 0.500. The number of carboxylic acids is 1. The van der Waals surface area contributed by atoms with Gasteiger partial charge in [0.15, 0.2) is 0 Å². The lowest BCUT2D eigenvalue weighted by molar-refractivity contribution is -0.140. The molecule has 21 heavy (non-hydrogen) atoms. The Hall–Kier alpha value is -2.04. The summed E-state index contributed by atoms with van der Waals surface area (Å²) < 4.78 is 0. The van der Waals surface area contributed by atoms with Gasteiger partial charge in [0, 0.05) is 37.9 Å². The van der Waals surface area contributed by atoms with Crippen LogP contribution >= 0.6 is 0 Å². The zero-order chi connectivity index (χ0) is 16.0. The van der Waals surface area contributed by atoms with Crippen LogP contribution in [0.1, 0.15) is 27.7 Å². The van der Waals surface area contributed by atoms with Crippen molar-refractivity contribution in [1.82, 2.24) is 0 Å². The number of anilines is 2. The van der Waals surface area contributed by atoms with Crippen LogP contribution in [0.3, 0.4) is 0 Å². The Kier molecular flexibility index (Phi) is 6.21. The second-order valence-electron chi connectivity index (χ2n) is 5.06. The van der Waals surface area contributed by atoms with E-state index in [0.29, 0.717) is 0 Å². The van der Waals surface area contributed by atoms with Crippen LogP contribution in [-0.4, -0.2) is 36.6 Å². The number of rotatable bonds is 7. The second-order valence-corrected chi connectivity index (χ2v) is 5.06. The molecule has 0 aliphatic rings. The summed E-state index contributed by atoms with van der Waals surface area (Å²) in [6.07, 6.45) is 0. The van der Waals surface area contributed by atoms with E-state index in [1.807, 2.05) is 24.3 Å². The minimum atomic E-state index is -0.902. The van der Waals surface area contributed by atoms with Crippen molar-refractivity contribution in [3.8, 4) is 0 Å². The summed E-state index contributed by atoms with van der Waals surface area (Å²) in [4.78, 5) is 26.4. The number of carboxylic acid groups (broad SMARTS) is 1. The molecule has 0 bridgehead atoms. The summed E-state index contributed by atoms with van der Waals surface area (Å²) in [5.74, 6) is -1.66. The Labute approximate surface area is 126 Å². The van der Waals surface area contributed by atoms with Crippen LogP contribution in [-0.2, 0) is 9.59 Å². The Bertz CT molecular complexity index is 481. The largest absolute Gasteiger partial charge is 0.481 e. The van der Waals surface area contributed by atoms with Crippen LogP contribution in [0, 0.1) is 5.92 Å². The van der Waals surface area contributed by atoms with Gasteiger partial charge in [-0.15, -0.1) is 0 Å². The van der Waals surface area contributed by atoms with Crippen LogP contribution in [0.4, 0.5) is 11.4 Å². The van der Waals surface area contributed by atoms with E-state index in [1.165, 1.54) is 11.8 Å². The van der Waals surface area contributed by atoms with Gasteiger partial charge >= 0.3 is 5.97 Å². The molecule has 1 N–H and O–H groups in total. The van der Waals surface area contributed by atoms with Crippen LogP contribution in [0.25, 0.3) is 0 Å². The number of amides is 1. The lowest BCUT2D eigenvalue weighted by Crippen LogP contribution is -2.35. The van der Waals surface area contributed by atoms with Crippen molar-refractivity contribution in [2.75, 3.05) is 29.4 Å². The van der Waals surface area contributed by atoms with Gasteiger partial charge in [-0.05, 0) is 38.1 Å². The Balaban J connectivity index is 2.94. The van der Waals surface area contributed by atoms with Crippen molar-refractivity contribution in [3.05, 3.63) is 24.3 Å². The molecule has 1 atom stereocenters. The normalized spacial score (nSPS) is 11.8. The SMILES string of the molecule is CCN(CC)c1ccc(N(CC(C)C(=O)O)C(C)=O)cc1. The summed E-state index contributed by atoms with van der Waals surface area (Å²) in [6.45, 7) is 9.25. The zero-order valence-corrected chi connectivity index (χ0v) is 13.2. The van der Waals surface area contributed by atoms with Crippen molar-refractivity contribution in [2.24, 2.45) is 5.92 Å². The van der Waals surface area contributed by atoms with Gasteiger partial charge in [0.25, 0.3) is 0 Å². The quantitative estimate of drug-likeness (QED) is 0.839. The molecule has 1 unspecified atom stereocenters. The van der Waals surface area contributed by atoms with Gasteiger partial charge in [-0.3, -0.25) is 9.59 Å². The molecule has 5 nitrogen and oxygen atoms in total. The minimum Gasteiger partial charge on any atom is -0.481 e. The monoisotopic (exact) mass is 292 g/mol. The number of hydrogen-bond donors (Lipinski definition) is 1. The Morgan fingerprint density at radius 2 is 1.57 bits per heavy atom. The third-order valence-electron chi connectivity index (χ3n) is 3.55. The molecule has 0 fully saturated rings. The third-order valence-corrected chi connectivity index (χ3v) is 3.55. The molecule has 0 spiro atoms. The third kappa shape index (κ3) is 4.48. The van der Waals surface area contributed by atoms with Crippen molar-refractivity contribution in [2.45, 2.75) is 27.7 Å². The first kappa shape index (κ1) is 17.0. The average molecular weight is 292 g/mol. The molecule has 0 aliphatic carbocycles. The Morgan fingerprint density at radius 3 is 1.95 bits per heavy atom. The van der Waals surface area contributed by atoms with Crippen LogP contribution < -0.4 is 9.80 Å². The molecule has 1 amide bonds. The highest BCUT2D eigenvalue weighted by Crippen LogP contribution is 2.22. The Morgan fingerprint density at radius 1 is 1.10 bits per heavy atom. The zero-order valence-electron chi connectivity index (χ0n) is 13.2. The molecular weight excluding hydrogens is 268 g/mol. The molecule has 116 valence electrons. The van der Waals surface area contributed by atoms with E-state index >= 15 is 0 Å².